The van der Waals surface area contributed by atoms with Crippen LogP contribution in [0.25, 0.3) is 11.3 Å². The molecule has 0 amide bonds. The molecular weight excluding hydrogens is 246 g/mol. The number of rotatable bonds is 4. The lowest BCUT2D eigenvalue weighted by Gasteiger charge is -2.15. The van der Waals surface area contributed by atoms with Gasteiger partial charge in [0.05, 0.1) is 26.9 Å². The van der Waals surface area contributed by atoms with Crippen molar-refractivity contribution in [3.8, 4) is 28.5 Å². The Balaban J connectivity index is 2.71. The number of methoxy groups -OCH3 is 3. The van der Waals surface area contributed by atoms with Crippen molar-refractivity contribution in [2.45, 2.75) is 0 Å². The van der Waals surface area contributed by atoms with Crippen LogP contribution in [0.1, 0.15) is 0 Å². The third-order valence-corrected chi connectivity index (χ3v) is 2.68. The standard InChI is InChI=1S/C13H15N3O3/c1-17-8-6-9(18-2)11(10(7-8)19-3)12-13(14)16-5-4-15-12/h4-7H,1-3H3,(H2,14,16). The van der Waals surface area contributed by atoms with Gasteiger partial charge in [-0.2, -0.15) is 0 Å². The topological polar surface area (TPSA) is 79.5 Å². The molecule has 0 spiro atoms. The first-order valence-corrected chi connectivity index (χ1v) is 5.58. The van der Waals surface area contributed by atoms with Crippen LogP contribution in [0.5, 0.6) is 17.2 Å². The molecular formula is C13H15N3O3. The van der Waals surface area contributed by atoms with Gasteiger partial charge in [0.25, 0.3) is 0 Å². The molecule has 2 aromatic rings. The van der Waals surface area contributed by atoms with Gasteiger partial charge in [-0.05, 0) is 0 Å². The van der Waals surface area contributed by atoms with Crippen molar-refractivity contribution in [1.29, 1.82) is 0 Å². The lowest BCUT2D eigenvalue weighted by molar-refractivity contribution is 0.377. The Morgan fingerprint density at radius 1 is 0.895 bits per heavy atom. The quantitative estimate of drug-likeness (QED) is 0.903. The highest BCUT2D eigenvalue weighted by molar-refractivity contribution is 5.81. The molecule has 1 aromatic carbocycles. The summed E-state index contributed by atoms with van der Waals surface area (Å²) in [4.78, 5) is 8.25. The second-order valence-corrected chi connectivity index (χ2v) is 3.70. The predicted octanol–water partition coefficient (Wildman–Crippen LogP) is 1.75. The molecule has 6 nitrogen and oxygen atoms in total. The average Bonchev–Trinajstić information content (AvgIpc) is 2.46. The Hall–Kier alpha value is -2.50. The Kier molecular flexibility index (Phi) is 3.70. The fraction of sp³-hybridized carbons (Fsp3) is 0.231. The van der Waals surface area contributed by atoms with Crippen LogP contribution in [0.4, 0.5) is 5.82 Å². The second-order valence-electron chi connectivity index (χ2n) is 3.70. The minimum atomic E-state index is 0.310. The van der Waals surface area contributed by atoms with Crippen LogP contribution in [-0.2, 0) is 0 Å². The van der Waals surface area contributed by atoms with Crippen LogP contribution in [0.15, 0.2) is 24.5 Å². The maximum absolute atomic E-state index is 5.85. The minimum absolute atomic E-state index is 0.310. The van der Waals surface area contributed by atoms with Gasteiger partial charge in [-0.1, -0.05) is 0 Å². The maximum Gasteiger partial charge on any atom is 0.150 e. The van der Waals surface area contributed by atoms with E-state index in [1.165, 1.54) is 6.20 Å². The number of nitrogens with two attached hydrogens (primary N) is 1. The molecule has 0 aliphatic rings. The molecule has 100 valence electrons. The van der Waals surface area contributed by atoms with E-state index >= 15 is 0 Å². The summed E-state index contributed by atoms with van der Waals surface area (Å²) in [5, 5.41) is 0. The number of benzene rings is 1. The summed E-state index contributed by atoms with van der Waals surface area (Å²) in [6.45, 7) is 0. The van der Waals surface area contributed by atoms with Crippen molar-refractivity contribution in [2.75, 3.05) is 27.1 Å². The van der Waals surface area contributed by atoms with E-state index in [1.807, 2.05) is 0 Å². The zero-order valence-electron chi connectivity index (χ0n) is 11.0. The van der Waals surface area contributed by atoms with Crippen LogP contribution in [-0.4, -0.2) is 31.3 Å². The van der Waals surface area contributed by atoms with Gasteiger partial charge < -0.3 is 19.9 Å². The van der Waals surface area contributed by atoms with E-state index in [9.17, 15) is 0 Å². The molecule has 0 unspecified atom stereocenters. The van der Waals surface area contributed by atoms with E-state index in [0.717, 1.165) is 0 Å². The summed E-state index contributed by atoms with van der Waals surface area (Å²) in [5.74, 6) is 2.05. The van der Waals surface area contributed by atoms with E-state index in [4.69, 9.17) is 19.9 Å². The molecule has 0 aliphatic carbocycles. The average molecular weight is 261 g/mol. The van der Waals surface area contributed by atoms with E-state index in [1.54, 1.807) is 39.7 Å². The van der Waals surface area contributed by atoms with Gasteiger partial charge in [0.2, 0.25) is 0 Å². The highest BCUT2D eigenvalue weighted by Crippen LogP contribution is 2.42. The molecule has 1 aromatic heterocycles. The van der Waals surface area contributed by atoms with Gasteiger partial charge >= 0.3 is 0 Å². The Bertz CT molecular complexity index is 562. The zero-order chi connectivity index (χ0) is 13.8. The van der Waals surface area contributed by atoms with Crippen molar-refractivity contribution < 1.29 is 14.2 Å². The van der Waals surface area contributed by atoms with Crippen LogP contribution >= 0.6 is 0 Å². The first-order chi connectivity index (χ1) is 9.21. The smallest absolute Gasteiger partial charge is 0.150 e. The van der Waals surface area contributed by atoms with Crippen molar-refractivity contribution in [3.05, 3.63) is 24.5 Å². The first kappa shape index (κ1) is 12.9. The number of nitrogens with zero attached hydrogens (tertiary/aromatic N) is 2. The summed E-state index contributed by atoms with van der Waals surface area (Å²) in [5.41, 5.74) is 7.02. The van der Waals surface area contributed by atoms with Crippen molar-refractivity contribution >= 4 is 5.82 Å². The van der Waals surface area contributed by atoms with E-state index in [0.29, 0.717) is 34.3 Å². The molecule has 0 aliphatic heterocycles. The molecule has 0 saturated heterocycles. The summed E-state index contributed by atoms with van der Waals surface area (Å²) in [6.07, 6.45) is 3.09. The molecule has 0 atom stereocenters. The largest absolute Gasteiger partial charge is 0.496 e. The minimum Gasteiger partial charge on any atom is -0.496 e. The molecule has 0 bridgehead atoms. The van der Waals surface area contributed by atoms with Crippen molar-refractivity contribution in [3.63, 3.8) is 0 Å². The molecule has 1 heterocycles. The second kappa shape index (κ2) is 5.43. The van der Waals surface area contributed by atoms with Gasteiger partial charge in [0.1, 0.15) is 28.8 Å². The summed E-state index contributed by atoms with van der Waals surface area (Å²) < 4.78 is 15.9. The van der Waals surface area contributed by atoms with Crippen molar-refractivity contribution in [1.82, 2.24) is 9.97 Å². The Morgan fingerprint density at radius 3 is 1.95 bits per heavy atom. The normalized spacial score (nSPS) is 10.1. The van der Waals surface area contributed by atoms with Crippen LogP contribution in [0.3, 0.4) is 0 Å². The summed E-state index contributed by atoms with van der Waals surface area (Å²) in [6, 6.07) is 3.48. The van der Waals surface area contributed by atoms with Crippen molar-refractivity contribution in [2.24, 2.45) is 0 Å². The van der Waals surface area contributed by atoms with Gasteiger partial charge in [0.15, 0.2) is 0 Å². The summed E-state index contributed by atoms with van der Waals surface area (Å²) in [7, 11) is 4.69. The van der Waals surface area contributed by atoms with E-state index in [-0.39, 0.29) is 0 Å². The molecule has 2 rings (SSSR count). The number of hydrogen-bond acceptors (Lipinski definition) is 6. The van der Waals surface area contributed by atoms with Gasteiger partial charge in [-0.3, -0.25) is 4.98 Å². The van der Waals surface area contributed by atoms with Gasteiger partial charge in [-0.15, -0.1) is 0 Å². The molecule has 19 heavy (non-hydrogen) atoms. The van der Waals surface area contributed by atoms with Crippen LogP contribution in [0.2, 0.25) is 0 Å². The predicted molar refractivity (Wildman–Crippen MR) is 71.5 cm³/mol. The highest BCUT2D eigenvalue weighted by Gasteiger charge is 2.18. The van der Waals surface area contributed by atoms with Crippen LogP contribution < -0.4 is 19.9 Å². The SMILES string of the molecule is COc1cc(OC)c(-c2nccnc2N)c(OC)c1. The molecule has 0 radical (unpaired) electrons. The van der Waals surface area contributed by atoms with Crippen LogP contribution in [0, 0.1) is 0 Å². The van der Waals surface area contributed by atoms with Gasteiger partial charge in [0, 0.05) is 24.5 Å². The molecule has 6 heteroatoms. The molecule has 0 fully saturated rings. The number of anilines is 1. The Labute approximate surface area is 111 Å². The third kappa shape index (κ3) is 2.37. The number of aromatic nitrogens is 2. The maximum atomic E-state index is 5.85. The molecule has 2 N–H and O–H groups in total. The van der Waals surface area contributed by atoms with Gasteiger partial charge in [-0.25, -0.2) is 4.98 Å². The Morgan fingerprint density at radius 2 is 1.47 bits per heavy atom. The lowest BCUT2D eigenvalue weighted by atomic mass is 10.1. The fourth-order valence-corrected chi connectivity index (χ4v) is 1.78. The first-order valence-electron chi connectivity index (χ1n) is 5.58. The van der Waals surface area contributed by atoms with E-state index in [2.05, 4.69) is 9.97 Å². The fourth-order valence-electron chi connectivity index (χ4n) is 1.78. The van der Waals surface area contributed by atoms with E-state index < -0.39 is 0 Å². The number of hydrogen-bond donors (Lipinski definition) is 1. The summed E-state index contributed by atoms with van der Waals surface area (Å²) >= 11 is 0. The monoisotopic (exact) mass is 261 g/mol. The molecule has 0 saturated carbocycles. The third-order valence-electron chi connectivity index (χ3n) is 2.68. The highest BCUT2D eigenvalue weighted by atomic mass is 16.5. The number of ether oxygens (including phenoxy) is 3. The zero-order valence-corrected chi connectivity index (χ0v) is 11.0. The lowest BCUT2D eigenvalue weighted by Crippen LogP contribution is -2.00. The number of nitrogen functional groups attached to an aromatic ring is 1.